The lowest BCUT2D eigenvalue weighted by molar-refractivity contribution is -0.590. The summed E-state index contributed by atoms with van der Waals surface area (Å²) in [4.78, 5) is 11.5. The van der Waals surface area contributed by atoms with Crippen molar-refractivity contribution in [2.75, 3.05) is 18.5 Å². The highest BCUT2D eigenvalue weighted by Crippen LogP contribution is 2.36. The summed E-state index contributed by atoms with van der Waals surface area (Å²) in [5.41, 5.74) is 5.95. The van der Waals surface area contributed by atoms with Gasteiger partial charge in [-0.3, -0.25) is 10.1 Å². The molecule has 2 N–H and O–H groups in total. The van der Waals surface area contributed by atoms with Crippen molar-refractivity contribution in [3.05, 3.63) is 93.8 Å². The number of pyridine rings is 1. The highest BCUT2D eigenvalue weighted by atomic mass is 16.5. The molecule has 166 valence electrons. The average molecular weight is 433 g/mol. The standard InChI is InChI=1S/C26H28N2O4/c1-18-6-4-7-23-21(17-26(29)30)14-19-9-10-22(15-20(19)16-24(18)23)32-13-5-11-27-25-8-2-3-12-28(25)31/h2-4,6-10,12,15,21,27H,5,11,13-14,16-17H2,1H3,(H,29,30). The predicted molar refractivity (Wildman–Crippen MR) is 123 cm³/mol. The monoisotopic (exact) mass is 432 g/mol. The Morgan fingerprint density at radius 1 is 1.19 bits per heavy atom. The van der Waals surface area contributed by atoms with Gasteiger partial charge in [-0.2, -0.15) is 0 Å². The molecule has 1 aliphatic carbocycles. The molecule has 1 atom stereocenters. The fraction of sp³-hybridized carbons (Fsp3) is 0.308. The molecule has 1 unspecified atom stereocenters. The zero-order chi connectivity index (χ0) is 22.5. The van der Waals surface area contributed by atoms with Crippen LogP contribution in [0.3, 0.4) is 0 Å². The molecule has 0 fully saturated rings. The third-order valence-corrected chi connectivity index (χ3v) is 6.04. The van der Waals surface area contributed by atoms with Gasteiger partial charge in [-0.25, -0.2) is 4.73 Å². The molecule has 4 rings (SSSR count). The number of aryl methyl sites for hydroxylation is 1. The summed E-state index contributed by atoms with van der Waals surface area (Å²) in [6.45, 7) is 3.27. The summed E-state index contributed by atoms with van der Waals surface area (Å²) >= 11 is 0. The number of rotatable bonds is 8. The number of anilines is 1. The summed E-state index contributed by atoms with van der Waals surface area (Å²) in [6.07, 6.45) is 3.86. The first-order chi connectivity index (χ1) is 15.5. The Balaban J connectivity index is 1.42. The Morgan fingerprint density at radius 3 is 2.88 bits per heavy atom. The van der Waals surface area contributed by atoms with Crippen LogP contribution in [0.2, 0.25) is 0 Å². The smallest absolute Gasteiger partial charge is 0.303 e. The van der Waals surface area contributed by atoms with Crippen LogP contribution in [0.15, 0.2) is 60.8 Å². The first-order valence-corrected chi connectivity index (χ1v) is 11.0. The largest absolute Gasteiger partial charge is 0.711 e. The number of hydrogen-bond acceptors (Lipinski definition) is 4. The quantitative estimate of drug-likeness (QED) is 0.316. The Hall–Kier alpha value is -3.54. The van der Waals surface area contributed by atoms with E-state index >= 15 is 0 Å². The number of aromatic nitrogens is 1. The molecule has 0 bridgehead atoms. The molecule has 3 aromatic rings. The number of nitrogens with one attached hydrogen (secondary N) is 1. The molecule has 6 nitrogen and oxygen atoms in total. The maximum Gasteiger partial charge on any atom is 0.303 e. The van der Waals surface area contributed by atoms with Gasteiger partial charge in [-0.15, -0.1) is 0 Å². The van der Waals surface area contributed by atoms with E-state index in [1.54, 1.807) is 12.1 Å². The van der Waals surface area contributed by atoms with Crippen LogP contribution < -0.4 is 14.8 Å². The van der Waals surface area contributed by atoms with Crippen LogP contribution >= 0.6 is 0 Å². The Kier molecular flexibility index (Phi) is 6.59. The molecule has 0 radical (unpaired) electrons. The zero-order valence-corrected chi connectivity index (χ0v) is 18.2. The second kappa shape index (κ2) is 9.73. The van der Waals surface area contributed by atoms with Crippen LogP contribution in [0.25, 0.3) is 0 Å². The zero-order valence-electron chi connectivity index (χ0n) is 18.2. The summed E-state index contributed by atoms with van der Waals surface area (Å²) in [5.74, 6) is 0.553. The van der Waals surface area contributed by atoms with E-state index in [4.69, 9.17) is 4.74 Å². The van der Waals surface area contributed by atoms with Gasteiger partial charge in [0.25, 0.3) is 5.82 Å². The van der Waals surface area contributed by atoms with E-state index in [2.05, 4.69) is 36.5 Å². The lowest BCUT2D eigenvalue weighted by Gasteiger charge is -2.17. The molecular weight excluding hydrogens is 404 g/mol. The maximum atomic E-state index is 11.7. The number of ether oxygens (including phenoxy) is 1. The molecule has 1 aromatic heterocycles. The fourth-order valence-electron chi connectivity index (χ4n) is 4.41. The number of benzene rings is 2. The normalized spacial score (nSPS) is 14.7. The van der Waals surface area contributed by atoms with Crippen LogP contribution in [0.4, 0.5) is 5.82 Å². The van der Waals surface area contributed by atoms with E-state index in [0.29, 0.717) is 25.4 Å². The van der Waals surface area contributed by atoms with Crippen LogP contribution in [0, 0.1) is 12.1 Å². The number of carboxylic acids is 1. The summed E-state index contributed by atoms with van der Waals surface area (Å²) in [6, 6.07) is 17.6. The van der Waals surface area contributed by atoms with Gasteiger partial charge in [0.1, 0.15) is 5.75 Å². The van der Waals surface area contributed by atoms with Crippen LogP contribution in [-0.4, -0.2) is 24.2 Å². The highest BCUT2D eigenvalue weighted by Gasteiger charge is 2.25. The summed E-state index contributed by atoms with van der Waals surface area (Å²) < 4.78 is 6.78. The predicted octanol–water partition coefficient (Wildman–Crippen LogP) is 4.21. The molecular formula is C26H28N2O4. The van der Waals surface area contributed by atoms with Crippen molar-refractivity contribution < 1.29 is 19.4 Å². The second-order valence-corrected chi connectivity index (χ2v) is 8.29. The van der Waals surface area contributed by atoms with Crippen LogP contribution in [0.1, 0.15) is 46.6 Å². The first-order valence-electron chi connectivity index (χ1n) is 11.0. The van der Waals surface area contributed by atoms with Gasteiger partial charge in [0.2, 0.25) is 0 Å². The van der Waals surface area contributed by atoms with Gasteiger partial charge in [0.05, 0.1) is 25.8 Å². The topological polar surface area (TPSA) is 85.5 Å². The van der Waals surface area contributed by atoms with Crippen molar-refractivity contribution in [1.82, 2.24) is 0 Å². The van der Waals surface area contributed by atoms with E-state index in [9.17, 15) is 15.1 Å². The fourth-order valence-corrected chi connectivity index (χ4v) is 4.41. The second-order valence-electron chi connectivity index (χ2n) is 8.29. The van der Waals surface area contributed by atoms with Crippen molar-refractivity contribution in [1.29, 1.82) is 0 Å². The molecule has 0 amide bonds. The molecule has 2 aromatic carbocycles. The van der Waals surface area contributed by atoms with E-state index in [1.807, 2.05) is 18.2 Å². The van der Waals surface area contributed by atoms with Gasteiger partial charge in [-0.1, -0.05) is 30.3 Å². The van der Waals surface area contributed by atoms with Crippen molar-refractivity contribution in [2.45, 2.75) is 38.5 Å². The van der Waals surface area contributed by atoms with E-state index < -0.39 is 5.97 Å². The van der Waals surface area contributed by atoms with Gasteiger partial charge in [0, 0.05) is 12.5 Å². The molecule has 0 spiro atoms. The molecule has 0 saturated carbocycles. The third kappa shape index (κ3) is 5.02. The van der Waals surface area contributed by atoms with E-state index in [0.717, 1.165) is 28.9 Å². The lowest BCUT2D eigenvalue weighted by Crippen LogP contribution is -2.30. The van der Waals surface area contributed by atoms with Crippen molar-refractivity contribution >= 4 is 11.8 Å². The maximum absolute atomic E-state index is 11.7. The van der Waals surface area contributed by atoms with Crippen molar-refractivity contribution in [2.24, 2.45) is 0 Å². The van der Waals surface area contributed by atoms with Crippen LogP contribution in [0.5, 0.6) is 5.75 Å². The average Bonchev–Trinajstić information content (AvgIpc) is 2.91. The summed E-state index contributed by atoms with van der Waals surface area (Å²) in [5, 5.41) is 24.2. The third-order valence-electron chi connectivity index (χ3n) is 6.04. The Bertz CT molecular complexity index is 1110. The molecule has 1 aliphatic rings. The minimum Gasteiger partial charge on any atom is -0.711 e. The highest BCUT2D eigenvalue weighted by molar-refractivity contribution is 5.68. The van der Waals surface area contributed by atoms with Crippen LogP contribution in [-0.2, 0) is 17.6 Å². The molecule has 6 heteroatoms. The van der Waals surface area contributed by atoms with Gasteiger partial charge >= 0.3 is 5.97 Å². The molecule has 1 heterocycles. The number of aliphatic carboxylic acids is 1. The lowest BCUT2D eigenvalue weighted by atomic mass is 9.87. The van der Waals surface area contributed by atoms with Gasteiger partial charge in [-0.05, 0) is 71.7 Å². The first kappa shape index (κ1) is 21.7. The minimum absolute atomic E-state index is 0.0248. The van der Waals surface area contributed by atoms with Crippen molar-refractivity contribution in [3.63, 3.8) is 0 Å². The number of carbonyl (C=O) groups is 1. The number of carboxylic acid groups (broad SMARTS) is 1. The molecule has 0 saturated heterocycles. The minimum atomic E-state index is -0.766. The van der Waals surface area contributed by atoms with Gasteiger partial charge < -0.3 is 15.1 Å². The van der Waals surface area contributed by atoms with E-state index in [-0.39, 0.29) is 12.3 Å². The van der Waals surface area contributed by atoms with Crippen molar-refractivity contribution in [3.8, 4) is 5.75 Å². The van der Waals surface area contributed by atoms with E-state index in [1.165, 1.54) is 28.5 Å². The molecule has 0 aliphatic heterocycles. The number of hydrogen-bond donors (Lipinski definition) is 2. The number of fused-ring (bicyclic) bond motifs is 2. The Morgan fingerprint density at radius 2 is 2.06 bits per heavy atom. The summed E-state index contributed by atoms with van der Waals surface area (Å²) in [7, 11) is 0. The van der Waals surface area contributed by atoms with Gasteiger partial charge in [0.15, 0.2) is 0 Å². The number of nitrogens with zero attached hydrogens (tertiary/aromatic N) is 1. The SMILES string of the molecule is Cc1cccc2c1Cc1cc(OCCCNc3cccc[n+]3[O-])ccc1CC2CC(=O)O. The Labute approximate surface area is 188 Å². The molecule has 32 heavy (non-hydrogen) atoms.